The molecule has 0 radical (unpaired) electrons. The lowest BCUT2D eigenvalue weighted by molar-refractivity contribution is -0.112. The van der Waals surface area contributed by atoms with Crippen molar-refractivity contribution in [1.29, 1.82) is 5.26 Å². The molecule has 0 fully saturated rings. The van der Waals surface area contributed by atoms with Gasteiger partial charge in [0.25, 0.3) is 5.91 Å². The normalized spacial score (nSPS) is 10.8. The molecule has 0 atom stereocenters. The molecule has 0 unspecified atom stereocenters. The molecule has 5 heteroatoms. The highest BCUT2D eigenvalue weighted by atomic mass is 16.5. The lowest BCUT2D eigenvalue weighted by Gasteiger charge is -2.11. The zero-order valence-corrected chi connectivity index (χ0v) is 15.9. The van der Waals surface area contributed by atoms with Crippen molar-refractivity contribution < 1.29 is 14.3 Å². The lowest BCUT2D eigenvalue weighted by Crippen LogP contribution is -2.14. The maximum absolute atomic E-state index is 12.4. The maximum atomic E-state index is 12.4. The Bertz CT molecular complexity index is 866. The molecule has 27 heavy (non-hydrogen) atoms. The third-order valence-corrected chi connectivity index (χ3v) is 4.01. The molecule has 1 amide bonds. The Morgan fingerprint density at radius 1 is 1.22 bits per heavy atom. The lowest BCUT2D eigenvalue weighted by atomic mass is 10.1. The summed E-state index contributed by atoms with van der Waals surface area (Å²) < 4.78 is 11.1. The van der Waals surface area contributed by atoms with E-state index in [0.717, 1.165) is 18.4 Å². The summed E-state index contributed by atoms with van der Waals surface area (Å²) in [6, 6.07) is 14.7. The van der Waals surface area contributed by atoms with Crippen molar-refractivity contribution in [3.63, 3.8) is 0 Å². The number of rotatable bonds is 8. The van der Waals surface area contributed by atoms with Gasteiger partial charge in [-0.15, -0.1) is 0 Å². The van der Waals surface area contributed by atoms with Crippen LogP contribution in [-0.2, 0) is 4.79 Å². The van der Waals surface area contributed by atoms with Crippen molar-refractivity contribution in [2.75, 3.05) is 19.0 Å². The highest BCUT2D eigenvalue weighted by molar-refractivity contribution is 6.10. The second-order valence-electron chi connectivity index (χ2n) is 6.05. The molecule has 0 aliphatic carbocycles. The number of nitriles is 1. The number of amides is 1. The van der Waals surface area contributed by atoms with Gasteiger partial charge >= 0.3 is 0 Å². The maximum Gasteiger partial charge on any atom is 0.266 e. The number of hydrogen-bond donors (Lipinski definition) is 1. The number of anilines is 1. The van der Waals surface area contributed by atoms with E-state index in [1.54, 1.807) is 31.4 Å². The molecule has 0 aliphatic rings. The Labute approximate surface area is 160 Å². The molecule has 0 aromatic heterocycles. The first kappa shape index (κ1) is 20.1. The second-order valence-corrected chi connectivity index (χ2v) is 6.05. The summed E-state index contributed by atoms with van der Waals surface area (Å²) in [5.74, 6) is 0.761. The molecule has 0 saturated heterocycles. The van der Waals surface area contributed by atoms with Gasteiger partial charge in [-0.1, -0.05) is 37.6 Å². The molecule has 0 bridgehead atoms. The summed E-state index contributed by atoms with van der Waals surface area (Å²) in [5.41, 5.74) is 2.31. The van der Waals surface area contributed by atoms with Crippen LogP contribution in [0.15, 0.2) is 48.0 Å². The van der Waals surface area contributed by atoms with Crippen LogP contribution in [-0.4, -0.2) is 19.6 Å². The summed E-state index contributed by atoms with van der Waals surface area (Å²) in [7, 11) is 1.56. The first-order valence-corrected chi connectivity index (χ1v) is 8.88. The average Bonchev–Trinajstić information content (AvgIpc) is 2.68. The average molecular weight is 364 g/mol. The van der Waals surface area contributed by atoms with Gasteiger partial charge in [-0.3, -0.25) is 4.79 Å². The molecule has 2 aromatic carbocycles. The molecular weight excluding hydrogens is 340 g/mol. The summed E-state index contributed by atoms with van der Waals surface area (Å²) in [6.45, 7) is 4.61. The largest absolute Gasteiger partial charge is 0.493 e. The van der Waals surface area contributed by atoms with Crippen LogP contribution in [0.5, 0.6) is 11.5 Å². The highest BCUT2D eigenvalue weighted by Crippen LogP contribution is 2.29. The number of para-hydroxylation sites is 1. The van der Waals surface area contributed by atoms with Crippen LogP contribution in [0.25, 0.3) is 6.08 Å². The number of methoxy groups -OCH3 is 1. The van der Waals surface area contributed by atoms with Crippen molar-refractivity contribution >= 4 is 17.7 Å². The number of nitrogens with one attached hydrogen (secondary N) is 1. The molecular formula is C22H24N2O3. The van der Waals surface area contributed by atoms with Gasteiger partial charge in [-0.2, -0.15) is 5.26 Å². The van der Waals surface area contributed by atoms with E-state index in [4.69, 9.17) is 9.47 Å². The quantitative estimate of drug-likeness (QED) is 0.418. The van der Waals surface area contributed by atoms with Gasteiger partial charge in [0.05, 0.1) is 13.7 Å². The molecule has 5 nitrogen and oxygen atoms in total. The van der Waals surface area contributed by atoms with E-state index in [1.165, 1.54) is 6.08 Å². The zero-order valence-electron chi connectivity index (χ0n) is 15.9. The van der Waals surface area contributed by atoms with Crippen LogP contribution >= 0.6 is 0 Å². The fraction of sp³-hybridized carbons (Fsp3) is 0.273. The summed E-state index contributed by atoms with van der Waals surface area (Å²) in [4.78, 5) is 12.4. The van der Waals surface area contributed by atoms with Crippen LogP contribution in [0.3, 0.4) is 0 Å². The fourth-order valence-corrected chi connectivity index (χ4v) is 2.44. The number of benzene rings is 2. The predicted molar refractivity (Wildman–Crippen MR) is 107 cm³/mol. The van der Waals surface area contributed by atoms with Gasteiger partial charge in [0.15, 0.2) is 11.5 Å². The smallest absolute Gasteiger partial charge is 0.266 e. The molecule has 0 spiro atoms. The van der Waals surface area contributed by atoms with Crippen molar-refractivity contribution in [3.8, 4) is 17.6 Å². The number of hydrogen-bond acceptors (Lipinski definition) is 4. The predicted octanol–water partition coefficient (Wildman–Crippen LogP) is 4.73. The fourth-order valence-electron chi connectivity index (χ4n) is 2.44. The molecule has 2 aromatic rings. The molecule has 0 aliphatic heterocycles. The molecule has 1 N–H and O–H groups in total. The van der Waals surface area contributed by atoms with Crippen LogP contribution in [0, 0.1) is 18.3 Å². The molecule has 0 saturated carbocycles. The van der Waals surface area contributed by atoms with Crippen molar-refractivity contribution in [2.24, 2.45) is 0 Å². The van der Waals surface area contributed by atoms with Crippen LogP contribution in [0.4, 0.5) is 5.69 Å². The van der Waals surface area contributed by atoms with E-state index in [9.17, 15) is 10.1 Å². The second kappa shape index (κ2) is 10.0. The number of aryl methyl sites for hydroxylation is 1. The van der Waals surface area contributed by atoms with E-state index >= 15 is 0 Å². The third kappa shape index (κ3) is 5.61. The minimum absolute atomic E-state index is 0.0138. The van der Waals surface area contributed by atoms with Gasteiger partial charge in [-0.05, 0) is 48.7 Å². The number of nitrogens with zero attached hydrogens (tertiary/aromatic N) is 1. The van der Waals surface area contributed by atoms with Crippen LogP contribution < -0.4 is 14.8 Å². The number of unbranched alkanes of at least 4 members (excludes halogenated alkanes) is 1. The first-order valence-electron chi connectivity index (χ1n) is 8.88. The van der Waals surface area contributed by atoms with E-state index in [2.05, 4.69) is 12.2 Å². The summed E-state index contributed by atoms with van der Waals surface area (Å²) in [6.07, 6.45) is 3.54. The van der Waals surface area contributed by atoms with E-state index in [-0.39, 0.29) is 5.57 Å². The number of carbonyl (C=O) groups is 1. The van der Waals surface area contributed by atoms with Gasteiger partial charge in [0.2, 0.25) is 0 Å². The van der Waals surface area contributed by atoms with E-state index in [0.29, 0.717) is 29.4 Å². The topological polar surface area (TPSA) is 71.3 Å². The van der Waals surface area contributed by atoms with Crippen LogP contribution in [0.2, 0.25) is 0 Å². The first-order chi connectivity index (χ1) is 13.1. The van der Waals surface area contributed by atoms with Crippen molar-refractivity contribution in [1.82, 2.24) is 0 Å². The number of carbonyl (C=O) groups excluding carboxylic acids is 1. The molecule has 0 heterocycles. The Morgan fingerprint density at radius 3 is 2.67 bits per heavy atom. The standard InChI is InChI=1S/C22H24N2O3/c1-4-5-12-27-20-11-10-17(14-21(20)26-3)13-18(15-23)22(25)24-19-9-7-6-8-16(19)2/h6-11,13-14H,4-5,12H2,1-3H3,(H,24,25). The monoisotopic (exact) mass is 364 g/mol. The van der Waals surface area contributed by atoms with Gasteiger partial charge in [-0.25, -0.2) is 0 Å². The van der Waals surface area contributed by atoms with Crippen molar-refractivity contribution in [2.45, 2.75) is 26.7 Å². The third-order valence-electron chi connectivity index (χ3n) is 4.01. The Balaban J connectivity index is 2.20. The molecule has 2 rings (SSSR count). The summed E-state index contributed by atoms with van der Waals surface area (Å²) in [5, 5.41) is 12.2. The van der Waals surface area contributed by atoms with Gasteiger partial charge < -0.3 is 14.8 Å². The van der Waals surface area contributed by atoms with E-state index < -0.39 is 5.91 Å². The minimum Gasteiger partial charge on any atom is -0.493 e. The highest BCUT2D eigenvalue weighted by Gasteiger charge is 2.12. The minimum atomic E-state index is -0.450. The Kier molecular flexibility index (Phi) is 7.45. The number of ether oxygens (including phenoxy) is 2. The van der Waals surface area contributed by atoms with Crippen molar-refractivity contribution in [3.05, 3.63) is 59.2 Å². The molecule has 140 valence electrons. The SMILES string of the molecule is CCCCOc1ccc(C=C(C#N)C(=O)Nc2ccccc2C)cc1OC. The van der Waals surface area contributed by atoms with Gasteiger partial charge in [0, 0.05) is 5.69 Å². The van der Waals surface area contributed by atoms with E-state index in [1.807, 2.05) is 31.2 Å². The zero-order chi connectivity index (χ0) is 19.6. The van der Waals surface area contributed by atoms with Crippen LogP contribution in [0.1, 0.15) is 30.9 Å². The summed E-state index contributed by atoms with van der Waals surface area (Å²) >= 11 is 0. The Hall–Kier alpha value is -3.26. The Morgan fingerprint density at radius 2 is 2.00 bits per heavy atom. The van der Waals surface area contributed by atoms with Gasteiger partial charge in [0.1, 0.15) is 11.6 Å².